The van der Waals surface area contributed by atoms with E-state index in [1.165, 1.54) is 11.8 Å². The smallest absolute Gasteiger partial charge is 0.327 e. The molecule has 1 heterocycles. The summed E-state index contributed by atoms with van der Waals surface area (Å²) in [7, 11) is 1.34. The Balaban J connectivity index is 2.41. The molecule has 0 fully saturated rings. The van der Waals surface area contributed by atoms with Gasteiger partial charge < -0.3 is 4.74 Å². The zero-order valence-corrected chi connectivity index (χ0v) is 10.9. The van der Waals surface area contributed by atoms with Crippen LogP contribution in [0, 0.1) is 0 Å². The van der Waals surface area contributed by atoms with Crippen molar-refractivity contribution in [2.24, 2.45) is 0 Å². The number of esters is 1. The first kappa shape index (κ1) is 13.3. The topological polar surface area (TPSA) is 69.9 Å². The Morgan fingerprint density at radius 1 is 1.50 bits per heavy atom. The first-order chi connectivity index (χ1) is 7.77. The molecule has 0 atom stereocenters. The van der Waals surface area contributed by atoms with E-state index in [4.69, 9.17) is 0 Å². The van der Waals surface area contributed by atoms with Gasteiger partial charge in [-0.2, -0.15) is 11.8 Å². The van der Waals surface area contributed by atoms with Crippen LogP contribution in [-0.2, 0) is 16.1 Å². The van der Waals surface area contributed by atoms with Gasteiger partial charge in [-0.1, -0.05) is 18.7 Å². The number of rotatable bonds is 7. The molecule has 0 aromatic carbocycles. The minimum Gasteiger partial charge on any atom is -0.468 e. The van der Waals surface area contributed by atoms with E-state index in [0.29, 0.717) is 5.16 Å². The maximum atomic E-state index is 11.1. The lowest BCUT2D eigenvalue weighted by molar-refractivity contribution is -0.141. The first-order valence-corrected chi connectivity index (χ1v) is 6.95. The highest BCUT2D eigenvalue weighted by atomic mass is 32.2. The highest BCUT2D eigenvalue weighted by Crippen LogP contribution is 2.15. The van der Waals surface area contributed by atoms with Crippen LogP contribution in [0.4, 0.5) is 0 Å². The molecule has 8 heteroatoms. The van der Waals surface area contributed by atoms with Gasteiger partial charge in [-0.15, -0.1) is 5.10 Å². The van der Waals surface area contributed by atoms with Crippen molar-refractivity contribution in [2.75, 3.05) is 24.4 Å². The average Bonchev–Trinajstić information content (AvgIpc) is 2.72. The zero-order valence-electron chi connectivity index (χ0n) is 9.25. The standard InChI is InChI=1S/C8H14N4O2S2/c1-3-15-4-5-16-8-9-10-11-12(8)6-7(13)14-2/h3-6H2,1-2H3. The number of tetrazole rings is 1. The summed E-state index contributed by atoms with van der Waals surface area (Å²) in [6, 6.07) is 0. The summed E-state index contributed by atoms with van der Waals surface area (Å²) in [4.78, 5) is 11.1. The lowest BCUT2D eigenvalue weighted by Crippen LogP contribution is -2.13. The Kier molecular flexibility index (Phi) is 6.24. The lowest BCUT2D eigenvalue weighted by atomic mass is 10.7. The Bertz CT molecular complexity index is 332. The molecule has 0 aliphatic rings. The summed E-state index contributed by atoms with van der Waals surface area (Å²) in [5.74, 6) is 2.73. The van der Waals surface area contributed by atoms with E-state index in [2.05, 4.69) is 27.2 Å². The van der Waals surface area contributed by atoms with Crippen molar-refractivity contribution in [1.29, 1.82) is 0 Å². The number of methoxy groups -OCH3 is 1. The van der Waals surface area contributed by atoms with Gasteiger partial charge >= 0.3 is 5.97 Å². The molecule has 1 aromatic rings. The van der Waals surface area contributed by atoms with Crippen molar-refractivity contribution in [2.45, 2.75) is 18.6 Å². The molecule has 0 amide bonds. The van der Waals surface area contributed by atoms with Crippen LogP contribution in [0.5, 0.6) is 0 Å². The van der Waals surface area contributed by atoms with Crippen molar-refractivity contribution in [3.05, 3.63) is 0 Å². The minimum absolute atomic E-state index is 0.0623. The Hall–Kier alpha value is -0.760. The number of carbonyl (C=O) groups excluding carboxylic acids is 1. The van der Waals surface area contributed by atoms with E-state index in [1.54, 1.807) is 11.8 Å². The van der Waals surface area contributed by atoms with E-state index in [0.717, 1.165) is 17.3 Å². The molecular weight excluding hydrogens is 248 g/mol. The molecular formula is C8H14N4O2S2. The molecule has 1 rings (SSSR count). The van der Waals surface area contributed by atoms with Crippen molar-refractivity contribution in [3.63, 3.8) is 0 Å². The maximum absolute atomic E-state index is 11.1. The number of carbonyl (C=O) groups is 1. The minimum atomic E-state index is -0.350. The van der Waals surface area contributed by atoms with E-state index in [-0.39, 0.29) is 12.5 Å². The van der Waals surface area contributed by atoms with Crippen LogP contribution in [-0.4, -0.2) is 50.5 Å². The molecule has 0 unspecified atom stereocenters. The largest absolute Gasteiger partial charge is 0.468 e. The predicted octanol–water partition coefficient (Wildman–Crippen LogP) is 0.691. The molecule has 90 valence electrons. The fraction of sp³-hybridized carbons (Fsp3) is 0.750. The van der Waals surface area contributed by atoms with Gasteiger partial charge in [0.25, 0.3) is 0 Å². The molecule has 0 spiro atoms. The Labute approximate surface area is 102 Å². The third kappa shape index (κ3) is 4.40. The fourth-order valence-corrected chi connectivity index (χ4v) is 2.54. The van der Waals surface area contributed by atoms with Crippen molar-refractivity contribution < 1.29 is 9.53 Å². The van der Waals surface area contributed by atoms with Gasteiger partial charge in [-0.05, 0) is 16.2 Å². The third-order valence-electron chi connectivity index (χ3n) is 1.67. The van der Waals surface area contributed by atoms with Gasteiger partial charge in [0, 0.05) is 11.5 Å². The molecule has 0 radical (unpaired) electrons. The number of ether oxygens (including phenoxy) is 1. The normalized spacial score (nSPS) is 10.4. The highest BCUT2D eigenvalue weighted by molar-refractivity contribution is 8.02. The second kappa shape index (κ2) is 7.50. The van der Waals surface area contributed by atoms with Crippen LogP contribution < -0.4 is 0 Å². The molecule has 1 aromatic heterocycles. The molecule has 0 bridgehead atoms. The van der Waals surface area contributed by atoms with Gasteiger partial charge in [0.05, 0.1) is 7.11 Å². The van der Waals surface area contributed by atoms with Gasteiger partial charge in [0.2, 0.25) is 5.16 Å². The van der Waals surface area contributed by atoms with Crippen LogP contribution in [0.25, 0.3) is 0 Å². The van der Waals surface area contributed by atoms with Crippen molar-refractivity contribution in [3.8, 4) is 0 Å². The second-order valence-electron chi connectivity index (χ2n) is 2.74. The Morgan fingerprint density at radius 3 is 3.00 bits per heavy atom. The van der Waals surface area contributed by atoms with E-state index >= 15 is 0 Å². The molecule has 16 heavy (non-hydrogen) atoms. The van der Waals surface area contributed by atoms with Gasteiger partial charge in [0.1, 0.15) is 6.54 Å². The summed E-state index contributed by atoms with van der Waals surface area (Å²) in [6.07, 6.45) is 0. The zero-order chi connectivity index (χ0) is 11.8. The molecule has 0 aliphatic carbocycles. The number of aromatic nitrogens is 4. The summed E-state index contributed by atoms with van der Waals surface area (Å²) in [5, 5.41) is 11.8. The first-order valence-electron chi connectivity index (χ1n) is 4.81. The number of nitrogens with zero attached hydrogens (tertiary/aromatic N) is 4. The third-order valence-corrected chi connectivity index (χ3v) is 3.79. The van der Waals surface area contributed by atoms with Crippen LogP contribution in [0.2, 0.25) is 0 Å². The Morgan fingerprint density at radius 2 is 2.31 bits per heavy atom. The van der Waals surface area contributed by atoms with Crippen LogP contribution in [0.15, 0.2) is 5.16 Å². The van der Waals surface area contributed by atoms with Crippen LogP contribution in [0.1, 0.15) is 6.92 Å². The van der Waals surface area contributed by atoms with E-state index < -0.39 is 0 Å². The summed E-state index contributed by atoms with van der Waals surface area (Å²) in [5.41, 5.74) is 0. The summed E-state index contributed by atoms with van der Waals surface area (Å²) in [6.45, 7) is 2.18. The SMILES string of the molecule is CCSCCSc1nnnn1CC(=O)OC. The van der Waals surface area contributed by atoms with Crippen LogP contribution in [0.3, 0.4) is 0 Å². The number of thioether (sulfide) groups is 2. The van der Waals surface area contributed by atoms with Gasteiger partial charge in [-0.3, -0.25) is 4.79 Å². The van der Waals surface area contributed by atoms with Crippen molar-refractivity contribution >= 4 is 29.5 Å². The quantitative estimate of drug-likeness (QED) is 0.407. The molecule has 6 nitrogen and oxygen atoms in total. The second-order valence-corrected chi connectivity index (χ2v) is 5.20. The number of hydrogen-bond donors (Lipinski definition) is 0. The maximum Gasteiger partial charge on any atom is 0.327 e. The summed E-state index contributed by atoms with van der Waals surface area (Å²) >= 11 is 3.41. The molecule has 0 aliphatic heterocycles. The van der Waals surface area contributed by atoms with E-state index in [1.807, 2.05) is 11.8 Å². The monoisotopic (exact) mass is 262 g/mol. The lowest BCUT2D eigenvalue weighted by Gasteiger charge is -2.02. The number of hydrogen-bond acceptors (Lipinski definition) is 7. The van der Waals surface area contributed by atoms with Crippen LogP contribution >= 0.6 is 23.5 Å². The van der Waals surface area contributed by atoms with E-state index in [9.17, 15) is 4.79 Å². The van der Waals surface area contributed by atoms with Crippen molar-refractivity contribution in [1.82, 2.24) is 20.2 Å². The average molecular weight is 262 g/mol. The molecule has 0 N–H and O–H groups in total. The van der Waals surface area contributed by atoms with Gasteiger partial charge in [-0.25, -0.2) is 4.68 Å². The molecule has 0 saturated carbocycles. The predicted molar refractivity (Wildman–Crippen MR) is 63.6 cm³/mol. The highest BCUT2D eigenvalue weighted by Gasteiger charge is 2.10. The summed E-state index contributed by atoms with van der Waals surface area (Å²) < 4.78 is 6.00. The van der Waals surface area contributed by atoms with Gasteiger partial charge in [0.15, 0.2) is 0 Å². The fourth-order valence-electron chi connectivity index (χ4n) is 0.922. The molecule has 0 saturated heterocycles.